The predicted octanol–water partition coefficient (Wildman–Crippen LogP) is 4.62. The van der Waals surface area contributed by atoms with Gasteiger partial charge in [0.25, 0.3) is 0 Å². The Morgan fingerprint density at radius 3 is 2.67 bits per heavy atom. The lowest BCUT2D eigenvalue weighted by Gasteiger charge is -2.13. The van der Waals surface area contributed by atoms with Gasteiger partial charge in [-0.3, -0.25) is 0 Å². The summed E-state index contributed by atoms with van der Waals surface area (Å²) in [5.41, 5.74) is 1.03. The highest BCUT2D eigenvalue weighted by Crippen LogP contribution is 2.26. The van der Waals surface area contributed by atoms with Gasteiger partial charge in [-0.1, -0.05) is 42.8 Å². The first-order valence-corrected chi connectivity index (χ1v) is 8.46. The van der Waals surface area contributed by atoms with Crippen molar-refractivity contribution in [3.05, 3.63) is 59.1 Å². The van der Waals surface area contributed by atoms with Gasteiger partial charge in [-0.15, -0.1) is 11.8 Å². The minimum Gasteiger partial charge on any atom is -0.492 e. The molecule has 2 nitrogen and oxygen atoms in total. The molecule has 21 heavy (non-hydrogen) atoms. The van der Waals surface area contributed by atoms with Crippen LogP contribution in [0.25, 0.3) is 0 Å². The molecule has 0 bridgehead atoms. The van der Waals surface area contributed by atoms with E-state index in [0.29, 0.717) is 6.61 Å². The molecule has 0 radical (unpaired) electrons. The monoisotopic (exact) mass is 321 g/mol. The number of nitrogens with one attached hydrogen (secondary N) is 1. The standard InChI is InChI=1S/C17H20ClNOS/c1-2-19-13-15-16(18)9-6-10-17(15)20-11-12-21-14-7-4-3-5-8-14/h3-10,19H,2,11-13H2,1H3. The van der Waals surface area contributed by atoms with Gasteiger partial charge in [0.15, 0.2) is 0 Å². The Kier molecular flexibility index (Phi) is 6.93. The molecule has 0 unspecified atom stereocenters. The van der Waals surface area contributed by atoms with Crippen LogP contribution in [0.15, 0.2) is 53.4 Å². The molecular weight excluding hydrogens is 302 g/mol. The Morgan fingerprint density at radius 1 is 1.10 bits per heavy atom. The van der Waals surface area contributed by atoms with Crippen molar-refractivity contribution in [3.63, 3.8) is 0 Å². The zero-order valence-electron chi connectivity index (χ0n) is 12.1. The lowest BCUT2D eigenvalue weighted by atomic mass is 10.2. The summed E-state index contributed by atoms with van der Waals surface area (Å²) >= 11 is 8.04. The van der Waals surface area contributed by atoms with E-state index < -0.39 is 0 Å². The molecule has 0 atom stereocenters. The van der Waals surface area contributed by atoms with Crippen LogP contribution in [0, 0.1) is 0 Å². The molecule has 0 aliphatic carbocycles. The van der Waals surface area contributed by atoms with Crippen molar-refractivity contribution >= 4 is 23.4 Å². The second-order valence-corrected chi connectivity index (χ2v) is 6.08. The second-order valence-electron chi connectivity index (χ2n) is 4.51. The molecule has 0 fully saturated rings. The van der Waals surface area contributed by atoms with E-state index in [2.05, 4.69) is 36.5 Å². The molecule has 0 aromatic heterocycles. The largest absolute Gasteiger partial charge is 0.492 e. The molecule has 4 heteroatoms. The number of hydrogen-bond donors (Lipinski definition) is 1. The smallest absolute Gasteiger partial charge is 0.125 e. The number of benzene rings is 2. The Morgan fingerprint density at radius 2 is 1.90 bits per heavy atom. The normalized spacial score (nSPS) is 10.6. The predicted molar refractivity (Wildman–Crippen MR) is 91.5 cm³/mol. The van der Waals surface area contributed by atoms with Crippen molar-refractivity contribution in [2.75, 3.05) is 18.9 Å². The summed E-state index contributed by atoms with van der Waals surface area (Å²) in [4.78, 5) is 1.26. The molecule has 2 rings (SSSR count). The topological polar surface area (TPSA) is 21.3 Å². The van der Waals surface area contributed by atoms with Crippen LogP contribution in [0.4, 0.5) is 0 Å². The highest BCUT2D eigenvalue weighted by molar-refractivity contribution is 7.99. The van der Waals surface area contributed by atoms with Gasteiger partial charge < -0.3 is 10.1 Å². The fraction of sp³-hybridized carbons (Fsp3) is 0.294. The third-order valence-corrected chi connectivity index (χ3v) is 4.31. The average Bonchev–Trinajstić information content (AvgIpc) is 2.52. The van der Waals surface area contributed by atoms with E-state index in [1.54, 1.807) is 11.8 Å². The van der Waals surface area contributed by atoms with Crippen molar-refractivity contribution in [2.45, 2.75) is 18.4 Å². The first-order chi connectivity index (χ1) is 10.3. The zero-order chi connectivity index (χ0) is 14.9. The Labute approximate surface area is 135 Å². The molecule has 0 aliphatic rings. The van der Waals surface area contributed by atoms with E-state index >= 15 is 0 Å². The molecule has 0 spiro atoms. The van der Waals surface area contributed by atoms with Crippen LogP contribution in [0.1, 0.15) is 12.5 Å². The Hall–Kier alpha value is -1.16. The van der Waals surface area contributed by atoms with Crippen LogP contribution < -0.4 is 10.1 Å². The van der Waals surface area contributed by atoms with E-state index in [1.807, 2.05) is 24.3 Å². The van der Waals surface area contributed by atoms with E-state index in [1.165, 1.54) is 4.90 Å². The van der Waals surface area contributed by atoms with Crippen LogP contribution in [0.2, 0.25) is 5.02 Å². The zero-order valence-corrected chi connectivity index (χ0v) is 13.7. The Bertz CT molecular complexity index is 548. The minimum atomic E-state index is 0.666. The molecule has 0 saturated carbocycles. The highest BCUT2D eigenvalue weighted by atomic mass is 35.5. The van der Waals surface area contributed by atoms with Gasteiger partial charge in [-0.25, -0.2) is 0 Å². The summed E-state index contributed by atoms with van der Waals surface area (Å²) in [5, 5.41) is 4.05. The van der Waals surface area contributed by atoms with Crippen molar-refractivity contribution in [1.82, 2.24) is 5.32 Å². The number of hydrogen-bond acceptors (Lipinski definition) is 3. The lowest BCUT2D eigenvalue weighted by molar-refractivity contribution is 0.339. The van der Waals surface area contributed by atoms with E-state index in [-0.39, 0.29) is 0 Å². The number of ether oxygens (including phenoxy) is 1. The van der Waals surface area contributed by atoms with Gasteiger partial charge in [0.1, 0.15) is 5.75 Å². The minimum absolute atomic E-state index is 0.666. The SMILES string of the molecule is CCNCc1c(Cl)cccc1OCCSc1ccccc1. The molecule has 0 saturated heterocycles. The van der Waals surface area contributed by atoms with Gasteiger partial charge in [0.2, 0.25) is 0 Å². The fourth-order valence-electron chi connectivity index (χ4n) is 1.92. The molecule has 0 amide bonds. The van der Waals surface area contributed by atoms with Crippen molar-refractivity contribution < 1.29 is 4.74 Å². The Balaban J connectivity index is 1.86. The quantitative estimate of drug-likeness (QED) is 0.566. The van der Waals surface area contributed by atoms with Crippen LogP contribution >= 0.6 is 23.4 Å². The summed E-state index contributed by atoms with van der Waals surface area (Å²) in [7, 11) is 0. The molecule has 112 valence electrons. The van der Waals surface area contributed by atoms with Gasteiger partial charge in [0.05, 0.1) is 6.61 Å². The average molecular weight is 322 g/mol. The molecule has 1 N–H and O–H groups in total. The maximum absolute atomic E-state index is 6.25. The number of rotatable bonds is 8. The van der Waals surface area contributed by atoms with Crippen molar-refractivity contribution in [2.24, 2.45) is 0 Å². The lowest BCUT2D eigenvalue weighted by Crippen LogP contribution is -2.13. The maximum atomic E-state index is 6.25. The number of halogens is 1. The molecule has 2 aromatic rings. The second kappa shape index (κ2) is 8.98. The van der Waals surface area contributed by atoms with Crippen molar-refractivity contribution in [3.8, 4) is 5.75 Å². The molecular formula is C17H20ClNOS. The van der Waals surface area contributed by atoms with Crippen LogP contribution in [0.5, 0.6) is 5.75 Å². The van der Waals surface area contributed by atoms with Crippen LogP contribution in [0.3, 0.4) is 0 Å². The van der Waals surface area contributed by atoms with Crippen molar-refractivity contribution in [1.29, 1.82) is 0 Å². The first kappa shape index (κ1) is 16.2. The third kappa shape index (κ3) is 5.27. The number of thioether (sulfide) groups is 1. The summed E-state index contributed by atoms with van der Waals surface area (Å²) in [6.45, 7) is 4.39. The summed E-state index contributed by atoms with van der Waals surface area (Å²) in [5.74, 6) is 1.79. The van der Waals surface area contributed by atoms with Gasteiger partial charge >= 0.3 is 0 Å². The molecule has 2 aromatic carbocycles. The molecule has 0 heterocycles. The van der Waals surface area contributed by atoms with Gasteiger partial charge in [0, 0.05) is 27.8 Å². The van der Waals surface area contributed by atoms with Gasteiger partial charge in [-0.2, -0.15) is 0 Å². The maximum Gasteiger partial charge on any atom is 0.125 e. The summed E-state index contributed by atoms with van der Waals surface area (Å²) < 4.78 is 5.89. The third-order valence-electron chi connectivity index (χ3n) is 2.98. The van der Waals surface area contributed by atoms with E-state index in [9.17, 15) is 0 Å². The first-order valence-electron chi connectivity index (χ1n) is 7.10. The summed E-state index contributed by atoms with van der Waals surface area (Å²) in [6, 6.07) is 16.2. The van der Waals surface area contributed by atoms with Crippen LogP contribution in [-0.4, -0.2) is 18.9 Å². The summed E-state index contributed by atoms with van der Waals surface area (Å²) in [6.07, 6.45) is 0. The van der Waals surface area contributed by atoms with Gasteiger partial charge in [-0.05, 0) is 30.8 Å². The molecule has 0 aliphatic heterocycles. The van der Waals surface area contributed by atoms with Crippen LogP contribution in [-0.2, 0) is 6.54 Å². The highest BCUT2D eigenvalue weighted by Gasteiger charge is 2.07. The van der Waals surface area contributed by atoms with E-state index in [4.69, 9.17) is 16.3 Å². The fourth-order valence-corrected chi connectivity index (χ4v) is 2.91. The van der Waals surface area contributed by atoms with E-state index in [0.717, 1.165) is 35.2 Å².